The quantitative estimate of drug-likeness (QED) is 0.445. The van der Waals surface area contributed by atoms with E-state index in [2.05, 4.69) is 24.7 Å². The van der Waals surface area contributed by atoms with Gasteiger partial charge in [0.1, 0.15) is 5.75 Å². The summed E-state index contributed by atoms with van der Waals surface area (Å²) in [7, 11) is -6.60. The minimum atomic E-state index is -4.04. The molecule has 0 saturated heterocycles. The fourth-order valence-electron chi connectivity index (χ4n) is 2.59. The number of amides is 1. The first-order valence-corrected chi connectivity index (χ1v) is 12.0. The number of nitrogens with zero attached hydrogens (tertiary/aromatic N) is 2. The number of methoxy groups -OCH3 is 1. The van der Waals surface area contributed by atoms with Gasteiger partial charge in [-0.05, 0) is 48.5 Å². The van der Waals surface area contributed by atoms with E-state index in [1.165, 1.54) is 68.9 Å². The Balaban J connectivity index is 1.81. The van der Waals surface area contributed by atoms with Crippen LogP contribution < -0.4 is 19.5 Å². The molecule has 3 aromatic rings. The third kappa shape index (κ3) is 5.50. The molecule has 1 amide bonds. The van der Waals surface area contributed by atoms with E-state index < -0.39 is 26.0 Å². The fourth-order valence-corrected chi connectivity index (χ4v) is 4.63. The molecule has 0 saturated carbocycles. The molecule has 1 heterocycles. The van der Waals surface area contributed by atoms with Crippen LogP contribution in [0.5, 0.6) is 5.75 Å². The molecule has 168 valence electrons. The van der Waals surface area contributed by atoms with Gasteiger partial charge in [-0.15, -0.1) is 0 Å². The van der Waals surface area contributed by atoms with Gasteiger partial charge in [-0.1, -0.05) is 0 Å². The van der Waals surface area contributed by atoms with Crippen molar-refractivity contribution in [2.45, 2.75) is 16.7 Å². The number of carbonyl (C=O) groups excluding carboxylic acids is 1. The normalized spacial score (nSPS) is 11.4. The van der Waals surface area contributed by atoms with E-state index in [1.54, 1.807) is 6.07 Å². The highest BCUT2D eigenvalue weighted by Gasteiger charge is 2.19. The lowest BCUT2D eigenvalue weighted by Crippen LogP contribution is -2.16. The maximum atomic E-state index is 12.8. The Morgan fingerprint density at radius 3 is 2.06 bits per heavy atom. The second-order valence-electron chi connectivity index (χ2n) is 6.35. The van der Waals surface area contributed by atoms with Gasteiger partial charge in [0.25, 0.3) is 20.0 Å². The van der Waals surface area contributed by atoms with Crippen LogP contribution in [-0.2, 0) is 24.8 Å². The zero-order valence-electron chi connectivity index (χ0n) is 16.9. The van der Waals surface area contributed by atoms with E-state index >= 15 is 0 Å². The fraction of sp³-hybridized carbons (Fsp3) is 0.105. The minimum Gasteiger partial charge on any atom is -0.495 e. The molecule has 0 unspecified atom stereocenters. The van der Waals surface area contributed by atoms with Crippen LogP contribution in [0.4, 0.5) is 17.3 Å². The zero-order valence-corrected chi connectivity index (χ0v) is 18.6. The second-order valence-corrected chi connectivity index (χ2v) is 9.72. The monoisotopic (exact) mass is 477 g/mol. The Labute approximate surface area is 185 Å². The molecule has 13 heteroatoms. The van der Waals surface area contributed by atoms with E-state index in [1.807, 2.05) is 0 Å². The standard InChI is InChI=1S/C19H19N5O6S2/c1-13(25)22-17-12-16(8-9-18(17)30-2)32(28,29)23-14-4-6-15(7-5-14)31(26,27)24-19-20-10-3-11-21-19/h3-12,23H,1-2H3,(H,22,25)(H,20,21,24). The highest BCUT2D eigenvalue weighted by molar-refractivity contribution is 7.93. The number of nitrogens with one attached hydrogen (secondary N) is 3. The molecule has 0 aliphatic rings. The number of hydrogen-bond acceptors (Lipinski definition) is 8. The van der Waals surface area contributed by atoms with E-state index in [0.29, 0.717) is 5.75 Å². The molecule has 0 fully saturated rings. The highest BCUT2D eigenvalue weighted by atomic mass is 32.2. The number of ether oxygens (including phenoxy) is 1. The van der Waals surface area contributed by atoms with Crippen molar-refractivity contribution in [3.05, 3.63) is 60.9 Å². The van der Waals surface area contributed by atoms with Crippen LogP contribution in [0.1, 0.15) is 6.92 Å². The number of hydrogen-bond donors (Lipinski definition) is 3. The van der Waals surface area contributed by atoms with Crippen LogP contribution in [0.3, 0.4) is 0 Å². The molecular weight excluding hydrogens is 458 g/mol. The Morgan fingerprint density at radius 1 is 0.875 bits per heavy atom. The molecule has 0 atom stereocenters. The highest BCUT2D eigenvalue weighted by Crippen LogP contribution is 2.28. The van der Waals surface area contributed by atoms with Crippen LogP contribution in [0.15, 0.2) is 70.7 Å². The molecule has 32 heavy (non-hydrogen) atoms. The van der Waals surface area contributed by atoms with Crippen LogP contribution in [0, 0.1) is 0 Å². The summed E-state index contributed by atoms with van der Waals surface area (Å²) in [6.45, 7) is 1.28. The zero-order chi connectivity index (χ0) is 23.4. The number of aromatic nitrogens is 2. The summed E-state index contributed by atoms with van der Waals surface area (Å²) in [4.78, 5) is 18.7. The molecule has 0 spiro atoms. The second kappa shape index (κ2) is 9.20. The predicted molar refractivity (Wildman–Crippen MR) is 117 cm³/mol. The smallest absolute Gasteiger partial charge is 0.264 e. The average molecular weight is 478 g/mol. The van der Waals surface area contributed by atoms with Gasteiger partial charge in [0.2, 0.25) is 11.9 Å². The van der Waals surface area contributed by atoms with Crippen molar-refractivity contribution in [3.63, 3.8) is 0 Å². The number of carbonyl (C=O) groups is 1. The third-order valence-corrected chi connectivity index (χ3v) is 6.72. The van der Waals surface area contributed by atoms with Crippen LogP contribution in [0.2, 0.25) is 0 Å². The first-order valence-electron chi connectivity index (χ1n) is 8.99. The van der Waals surface area contributed by atoms with Gasteiger partial charge in [0.15, 0.2) is 0 Å². The molecule has 3 rings (SSSR count). The van der Waals surface area contributed by atoms with Crippen molar-refractivity contribution in [1.82, 2.24) is 9.97 Å². The molecule has 0 radical (unpaired) electrons. The molecule has 11 nitrogen and oxygen atoms in total. The lowest BCUT2D eigenvalue weighted by Gasteiger charge is -2.13. The number of anilines is 3. The summed E-state index contributed by atoms with van der Waals surface area (Å²) in [5.41, 5.74) is 0.329. The van der Waals surface area contributed by atoms with E-state index in [0.717, 1.165) is 0 Å². The average Bonchev–Trinajstić information content (AvgIpc) is 2.74. The largest absolute Gasteiger partial charge is 0.495 e. The van der Waals surface area contributed by atoms with E-state index in [4.69, 9.17) is 4.74 Å². The summed E-state index contributed by atoms with van der Waals surface area (Å²) in [6, 6.07) is 10.6. The molecular formula is C19H19N5O6S2. The lowest BCUT2D eigenvalue weighted by atomic mass is 10.3. The number of sulfonamides is 2. The lowest BCUT2D eigenvalue weighted by molar-refractivity contribution is -0.114. The molecule has 0 bridgehead atoms. The molecule has 1 aromatic heterocycles. The van der Waals surface area contributed by atoms with Gasteiger partial charge >= 0.3 is 0 Å². The minimum absolute atomic E-state index is 0.0910. The van der Waals surface area contributed by atoms with E-state index in [9.17, 15) is 21.6 Å². The maximum Gasteiger partial charge on any atom is 0.264 e. The Kier molecular flexibility index (Phi) is 6.60. The summed E-state index contributed by atoms with van der Waals surface area (Å²) in [5.74, 6) is -0.188. The summed E-state index contributed by atoms with van der Waals surface area (Å²) >= 11 is 0. The molecule has 2 aromatic carbocycles. The Bertz CT molecular complexity index is 1330. The van der Waals surface area contributed by atoms with Crippen molar-refractivity contribution >= 4 is 43.3 Å². The van der Waals surface area contributed by atoms with Gasteiger partial charge in [0.05, 0.1) is 22.6 Å². The first-order chi connectivity index (χ1) is 15.1. The van der Waals surface area contributed by atoms with E-state index in [-0.39, 0.29) is 27.1 Å². The molecule has 0 aliphatic carbocycles. The van der Waals surface area contributed by atoms with Gasteiger partial charge in [-0.25, -0.2) is 31.5 Å². The topological polar surface area (TPSA) is 156 Å². The van der Waals surface area contributed by atoms with Crippen LogP contribution in [-0.4, -0.2) is 39.8 Å². The van der Waals surface area contributed by atoms with Crippen molar-refractivity contribution < 1.29 is 26.4 Å². The van der Waals surface area contributed by atoms with Crippen molar-refractivity contribution in [3.8, 4) is 5.75 Å². The van der Waals surface area contributed by atoms with Crippen LogP contribution in [0.25, 0.3) is 0 Å². The van der Waals surface area contributed by atoms with Crippen molar-refractivity contribution in [1.29, 1.82) is 0 Å². The van der Waals surface area contributed by atoms with Gasteiger partial charge < -0.3 is 10.1 Å². The van der Waals surface area contributed by atoms with Gasteiger partial charge in [0, 0.05) is 25.0 Å². The van der Waals surface area contributed by atoms with Gasteiger partial charge in [-0.2, -0.15) is 0 Å². The SMILES string of the molecule is COc1ccc(S(=O)(=O)Nc2ccc(S(=O)(=O)Nc3ncccn3)cc2)cc1NC(C)=O. The number of benzene rings is 2. The summed E-state index contributed by atoms with van der Waals surface area (Å²) in [5, 5.41) is 2.50. The predicted octanol–water partition coefficient (Wildman–Crippen LogP) is 2.05. The van der Waals surface area contributed by atoms with Crippen molar-refractivity contribution in [2.24, 2.45) is 0 Å². The molecule has 3 N–H and O–H groups in total. The Morgan fingerprint density at radius 2 is 1.47 bits per heavy atom. The maximum absolute atomic E-state index is 12.8. The van der Waals surface area contributed by atoms with Crippen molar-refractivity contribution in [2.75, 3.05) is 21.9 Å². The first kappa shape index (κ1) is 23.0. The van der Waals surface area contributed by atoms with Crippen LogP contribution >= 0.6 is 0 Å². The van der Waals surface area contributed by atoms with Gasteiger partial charge in [-0.3, -0.25) is 9.52 Å². The summed E-state index contributed by atoms with van der Waals surface area (Å²) < 4.78 is 60.1. The third-order valence-electron chi connectivity index (χ3n) is 4.00. The summed E-state index contributed by atoms with van der Waals surface area (Å²) in [6.07, 6.45) is 2.78. The number of rotatable bonds is 8. The Hall–Kier alpha value is -3.71. The molecule has 0 aliphatic heterocycles.